The van der Waals surface area contributed by atoms with Gasteiger partial charge in [-0.2, -0.15) is 0 Å². The first-order valence-corrected chi connectivity index (χ1v) is 10.5. The summed E-state index contributed by atoms with van der Waals surface area (Å²) in [6.07, 6.45) is 11.9. The van der Waals surface area contributed by atoms with E-state index < -0.39 is 0 Å². The largest absolute Gasteiger partial charge is 0.493 e. The number of rotatable bonds is 3. The van der Waals surface area contributed by atoms with Crippen LogP contribution in [0.5, 0.6) is 11.5 Å². The Kier molecular flexibility index (Phi) is 4.67. The minimum Gasteiger partial charge on any atom is -0.493 e. The Morgan fingerprint density at radius 1 is 0.931 bits per heavy atom. The van der Waals surface area contributed by atoms with Crippen LogP contribution in [0.3, 0.4) is 0 Å². The van der Waals surface area contributed by atoms with Crippen LogP contribution in [0.1, 0.15) is 48.4 Å². The third-order valence-electron chi connectivity index (χ3n) is 6.31. The second-order valence-corrected chi connectivity index (χ2v) is 7.87. The number of benzene rings is 2. The highest BCUT2D eigenvalue weighted by molar-refractivity contribution is 5.73. The molecule has 1 unspecified atom stereocenters. The zero-order valence-electron chi connectivity index (χ0n) is 17.2. The van der Waals surface area contributed by atoms with Gasteiger partial charge in [0.2, 0.25) is 0 Å². The van der Waals surface area contributed by atoms with Crippen LogP contribution < -0.4 is 9.47 Å². The van der Waals surface area contributed by atoms with Crippen molar-refractivity contribution in [1.82, 2.24) is 4.90 Å². The molecule has 0 bridgehead atoms. The molecule has 0 radical (unpaired) electrons. The molecule has 0 spiro atoms. The van der Waals surface area contributed by atoms with Gasteiger partial charge < -0.3 is 14.4 Å². The summed E-state index contributed by atoms with van der Waals surface area (Å²) in [6.45, 7) is 1.01. The van der Waals surface area contributed by atoms with Crippen LogP contribution in [0.25, 0.3) is 6.08 Å². The molecule has 1 aliphatic carbocycles. The van der Waals surface area contributed by atoms with Gasteiger partial charge in [-0.05, 0) is 60.1 Å². The molecule has 0 amide bonds. The van der Waals surface area contributed by atoms with E-state index in [-0.39, 0.29) is 6.04 Å². The average molecular weight is 386 g/mol. The van der Waals surface area contributed by atoms with Crippen LogP contribution in [-0.2, 0) is 0 Å². The van der Waals surface area contributed by atoms with Crippen molar-refractivity contribution in [3.8, 4) is 11.5 Å². The molecule has 148 valence electrons. The molecule has 2 aromatic carbocycles. The number of fused-ring (bicyclic) bond motifs is 4. The third-order valence-corrected chi connectivity index (χ3v) is 6.31. The second-order valence-electron chi connectivity index (χ2n) is 7.87. The Labute approximate surface area is 172 Å². The van der Waals surface area contributed by atoms with E-state index in [1.54, 1.807) is 14.2 Å². The molecule has 1 atom stereocenters. The summed E-state index contributed by atoms with van der Waals surface area (Å²) in [5, 5.41) is 0. The van der Waals surface area contributed by atoms with E-state index in [1.165, 1.54) is 46.4 Å². The van der Waals surface area contributed by atoms with Gasteiger partial charge in [-0.1, -0.05) is 48.6 Å². The van der Waals surface area contributed by atoms with Crippen LogP contribution in [0.15, 0.2) is 71.5 Å². The molecule has 1 saturated heterocycles. The van der Waals surface area contributed by atoms with Gasteiger partial charge in [-0.15, -0.1) is 0 Å². The standard InChI is InChI=1S/C26H27NO2/c1-28-23-14-13-20-17-22-21-12-8-4-5-9-18(21)15-16-27(22)25(24(20)26(23)29-2)19-10-6-3-7-11-19/h3,6-7,9-14,17,25H,4-5,8,15-16H2,1-2H3. The fourth-order valence-electron chi connectivity index (χ4n) is 4.99. The predicted molar refractivity (Wildman–Crippen MR) is 117 cm³/mol. The highest BCUT2D eigenvalue weighted by Crippen LogP contribution is 2.50. The first-order valence-electron chi connectivity index (χ1n) is 10.5. The summed E-state index contributed by atoms with van der Waals surface area (Å²) >= 11 is 0. The molecule has 2 aliphatic heterocycles. The summed E-state index contributed by atoms with van der Waals surface area (Å²) < 4.78 is 11.5. The quantitative estimate of drug-likeness (QED) is 0.657. The molecule has 5 rings (SSSR count). The van der Waals surface area contributed by atoms with Crippen LogP contribution >= 0.6 is 0 Å². The van der Waals surface area contributed by atoms with E-state index in [0.717, 1.165) is 30.9 Å². The van der Waals surface area contributed by atoms with Gasteiger partial charge in [0, 0.05) is 17.8 Å². The number of nitrogens with zero attached hydrogens (tertiary/aromatic N) is 1. The van der Waals surface area contributed by atoms with E-state index in [2.05, 4.69) is 59.5 Å². The molecule has 29 heavy (non-hydrogen) atoms. The van der Waals surface area contributed by atoms with Crippen LogP contribution in [-0.4, -0.2) is 25.7 Å². The fraction of sp³-hybridized carbons (Fsp3) is 0.308. The van der Waals surface area contributed by atoms with E-state index in [9.17, 15) is 0 Å². The van der Waals surface area contributed by atoms with Crippen molar-refractivity contribution >= 4 is 6.08 Å². The lowest BCUT2D eigenvalue weighted by atomic mass is 9.82. The first-order chi connectivity index (χ1) is 14.3. The molecule has 0 N–H and O–H groups in total. The van der Waals surface area contributed by atoms with Gasteiger partial charge in [0.15, 0.2) is 11.5 Å². The van der Waals surface area contributed by atoms with Crippen molar-refractivity contribution in [2.75, 3.05) is 20.8 Å². The van der Waals surface area contributed by atoms with Crippen molar-refractivity contribution in [3.05, 3.63) is 88.2 Å². The zero-order valence-corrected chi connectivity index (χ0v) is 17.2. The van der Waals surface area contributed by atoms with E-state index in [4.69, 9.17) is 9.47 Å². The maximum atomic E-state index is 5.89. The van der Waals surface area contributed by atoms with Crippen LogP contribution in [0.2, 0.25) is 0 Å². The Bertz CT molecular complexity index is 1020. The molecule has 2 heterocycles. The van der Waals surface area contributed by atoms with Crippen LogP contribution in [0.4, 0.5) is 0 Å². The lowest BCUT2D eigenvalue weighted by Gasteiger charge is -2.44. The van der Waals surface area contributed by atoms with Crippen molar-refractivity contribution < 1.29 is 9.47 Å². The first kappa shape index (κ1) is 18.1. The fourth-order valence-corrected chi connectivity index (χ4v) is 4.99. The minimum absolute atomic E-state index is 0.113. The second kappa shape index (κ2) is 7.47. The Balaban J connectivity index is 1.76. The number of allylic oxidation sites excluding steroid dienone is 3. The average Bonchev–Trinajstić information content (AvgIpc) is 3.03. The van der Waals surface area contributed by atoms with Gasteiger partial charge in [0.05, 0.1) is 20.3 Å². The topological polar surface area (TPSA) is 21.7 Å². The molecule has 2 aromatic rings. The van der Waals surface area contributed by atoms with Crippen molar-refractivity contribution in [3.63, 3.8) is 0 Å². The molecule has 0 saturated carbocycles. The summed E-state index contributed by atoms with van der Waals surface area (Å²) in [7, 11) is 3.45. The predicted octanol–water partition coefficient (Wildman–Crippen LogP) is 5.89. The highest BCUT2D eigenvalue weighted by atomic mass is 16.5. The van der Waals surface area contributed by atoms with E-state index >= 15 is 0 Å². The van der Waals surface area contributed by atoms with Gasteiger partial charge >= 0.3 is 0 Å². The zero-order chi connectivity index (χ0) is 19.8. The molecular formula is C26H27NO2. The Morgan fingerprint density at radius 3 is 2.55 bits per heavy atom. The molecular weight excluding hydrogens is 358 g/mol. The third kappa shape index (κ3) is 2.96. The lowest BCUT2D eigenvalue weighted by Crippen LogP contribution is -2.37. The highest BCUT2D eigenvalue weighted by Gasteiger charge is 2.37. The summed E-state index contributed by atoms with van der Waals surface area (Å²) in [4.78, 5) is 2.56. The Morgan fingerprint density at radius 2 is 1.76 bits per heavy atom. The van der Waals surface area contributed by atoms with Crippen molar-refractivity contribution in [2.24, 2.45) is 0 Å². The van der Waals surface area contributed by atoms with Crippen molar-refractivity contribution in [1.29, 1.82) is 0 Å². The van der Waals surface area contributed by atoms with E-state index in [1.807, 2.05) is 6.07 Å². The van der Waals surface area contributed by atoms with Gasteiger partial charge in [0.1, 0.15) is 0 Å². The molecule has 3 heteroatoms. The number of methoxy groups -OCH3 is 2. The molecule has 0 aromatic heterocycles. The molecule has 3 aliphatic rings. The molecule has 1 fully saturated rings. The minimum atomic E-state index is 0.113. The SMILES string of the molecule is COc1ccc2c(c1OC)C(c1ccccc1)N1CCC3=CCCCC=C3C1=C2. The number of hydrogen-bond acceptors (Lipinski definition) is 3. The van der Waals surface area contributed by atoms with Crippen LogP contribution in [0, 0.1) is 0 Å². The maximum Gasteiger partial charge on any atom is 0.166 e. The maximum absolute atomic E-state index is 5.89. The normalized spacial score (nSPS) is 20.3. The summed E-state index contributed by atoms with van der Waals surface area (Å²) in [6, 6.07) is 15.1. The number of hydrogen-bond donors (Lipinski definition) is 0. The van der Waals surface area contributed by atoms with Gasteiger partial charge in [0.25, 0.3) is 0 Å². The lowest BCUT2D eigenvalue weighted by molar-refractivity contribution is 0.272. The Hall–Kier alpha value is -2.94. The van der Waals surface area contributed by atoms with Crippen molar-refractivity contribution in [2.45, 2.75) is 31.7 Å². The number of piperidine rings is 1. The monoisotopic (exact) mass is 385 g/mol. The summed E-state index contributed by atoms with van der Waals surface area (Å²) in [5.41, 5.74) is 7.99. The smallest absolute Gasteiger partial charge is 0.166 e. The summed E-state index contributed by atoms with van der Waals surface area (Å²) in [5.74, 6) is 1.63. The number of ether oxygens (including phenoxy) is 2. The van der Waals surface area contributed by atoms with E-state index in [0.29, 0.717) is 0 Å². The van der Waals surface area contributed by atoms with Gasteiger partial charge in [-0.25, -0.2) is 0 Å². The van der Waals surface area contributed by atoms with Gasteiger partial charge in [-0.3, -0.25) is 0 Å². The molecule has 3 nitrogen and oxygen atoms in total.